The number of nitrogens with zero attached hydrogens (tertiary/aromatic N) is 1. The molecule has 0 spiro atoms. The highest BCUT2D eigenvalue weighted by molar-refractivity contribution is 5.16. The lowest BCUT2D eigenvalue weighted by Gasteiger charge is -2.17. The van der Waals surface area contributed by atoms with E-state index in [4.69, 9.17) is 10.2 Å². The van der Waals surface area contributed by atoms with Gasteiger partial charge in [-0.05, 0) is 12.6 Å². The van der Waals surface area contributed by atoms with Crippen molar-refractivity contribution in [3.63, 3.8) is 0 Å². The fraction of sp³-hybridized carbons (Fsp3) is 0.455. The highest BCUT2D eigenvalue weighted by Gasteiger charge is 2.07. The van der Waals surface area contributed by atoms with Crippen LogP contribution in [0.1, 0.15) is 18.2 Å². The first-order chi connectivity index (χ1) is 6.81. The Hall–Kier alpha value is -1.06. The van der Waals surface area contributed by atoms with Crippen LogP contribution in [-0.2, 0) is 13.1 Å². The third-order valence-corrected chi connectivity index (χ3v) is 2.25. The van der Waals surface area contributed by atoms with Crippen LogP contribution in [-0.4, -0.2) is 18.0 Å². The van der Waals surface area contributed by atoms with E-state index >= 15 is 0 Å². The summed E-state index contributed by atoms with van der Waals surface area (Å²) in [6, 6.07) is 1.98. The molecule has 0 radical (unpaired) electrons. The van der Waals surface area contributed by atoms with Crippen molar-refractivity contribution < 1.29 is 4.42 Å². The second-order valence-corrected chi connectivity index (χ2v) is 3.19. The maximum absolute atomic E-state index is 5.55. The predicted octanol–water partition coefficient (Wildman–Crippen LogP) is 1.75. The summed E-state index contributed by atoms with van der Waals surface area (Å²) in [5.74, 6) is 0.882. The Kier molecular flexibility index (Phi) is 4.43. The summed E-state index contributed by atoms with van der Waals surface area (Å²) in [5, 5.41) is 0. The van der Waals surface area contributed by atoms with Gasteiger partial charge in [0.15, 0.2) is 0 Å². The van der Waals surface area contributed by atoms with Gasteiger partial charge in [-0.15, -0.1) is 6.58 Å². The number of furan rings is 1. The monoisotopic (exact) mass is 194 g/mol. The molecule has 1 heterocycles. The minimum atomic E-state index is 0.466. The van der Waals surface area contributed by atoms with Gasteiger partial charge < -0.3 is 10.2 Å². The molecule has 0 saturated carbocycles. The van der Waals surface area contributed by atoms with E-state index in [-0.39, 0.29) is 0 Å². The van der Waals surface area contributed by atoms with E-state index in [0.29, 0.717) is 6.54 Å². The largest absolute Gasteiger partial charge is 0.468 e. The van der Waals surface area contributed by atoms with Gasteiger partial charge in [0, 0.05) is 18.7 Å². The van der Waals surface area contributed by atoms with E-state index in [2.05, 4.69) is 18.4 Å². The van der Waals surface area contributed by atoms with Gasteiger partial charge in [0.2, 0.25) is 0 Å². The lowest BCUT2D eigenvalue weighted by atomic mass is 10.2. The molecule has 3 heteroatoms. The molecule has 0 aliphatic heterocycles. The van der Waals surface area contributed by atoms with Crippen molar-refractivity contribution in [3.05, 3.63) is 36.3 Å². The number of hydrogen-bond donors (Lipinski definition) is 1. The van der Waals surface area contributed by atoms with Crippen molar-refractivity contribution in [2.45, 2.75) is 20.0 Å². The molecule has 0 unspecified atom stereocenters. The minimum absolute atomic E-state index is 0.466. The average molecular weight is 194 g/mol. The molecule has 14 heavy (non-hydrogen) atoms. The van der Waals surface area contributed by atoms with Crippen LogP contribution in [0.3, 0.4) is 0 Å². The van der Waals surface area contributed by atoms with Crippen LogP contribution >= 0.6 is 0 Å². The van der Waals surface area contributed by atoms with Gasteiger partial charge in [0.05, 0.1) is 12.8 Å². The lowest BCUT2D eigenvalue weighted by Crippen LogP contribution is -2.23. The summed E-state index contributed by atoms with van der Waals surface area (Å²) in [4.78, 5) is 2.27. The summed E-state index contributed by atoms with van der Waals surface area (Å²) in [5.41, 5.74) is 6.73. The summed E-state index contributed by atoms with van der Waals surface area (Å²) < 4.78 is 5.26. The van der Waals surface area contributed by atoms with Gasteiger partial charge >= 0.3 is 0 Å². The Morgan fingerprint density at radius 1 is 1.64 bits per heavy atom. The van der Waals surface area contributed by atoms with E-state index in [9.17, 15) is 0 Å². The highest BCUT2D eigenvalue weighted by Crippen LogP contribution is 2.12. The van der Waals surface area contributed by atoms with Crippen molar-refractivity contribution in [1.82, 2.24) is 4.90 Å². The van der Waals surface area contributed by atoms with E-state index in [0.717, 1.165) is 25.4 Å². The van der Waals surface area contributed by atoms with E-state index in [1.54, 1.807) is 6.26 Å². The van der Waals surface area contributed by atoms with Crippen molar-refractivity contribution in [3.8, 4) is 0 Å². The lowest BCUT2D eigenvalue weighted by molar-refractivity contribution is 0.308. The predicted molar refractivity (Wildman–Crippen MR) is 57.7 cm³/mol. The van der Waals surface area contributed by atoms with Crippen molar-refractivity contribution in [2.75, 3.05) is 13.1 Å². The van der Waals surface area contributed by atoms with Crippen LogP contribution in [0.15, 0.2) is 29.4 Å². The summed E-state index contributed by atoms with van der Waals surface area (Å²) in [6.07, 6.45) is 3.60. The zero-order valence-electron chi connectivity index (χ0n) is 8.70. The number of likely N-dealkylation sites (N-methyl/N-ethyl adjacent to an activating group) is 1. The van der Waals surface area contributed by atoms with Gasteiger partial charge in [-0.1, -0.05) is 13.0 Å². The quantitative estimate of drug-likeness (QED) is 0.701. The molecule has 0 aliphatic rings. The molecule has 0 fully saturated rings. The molecular formula is C11H18N2O. The SMILES string of the molecule is C=CCN(CC)Cc1ccoc1CN. The van der Waals surface area contributed by atoms with Crippen LogP contribution in [0.25, 0.3) is 0 Å². The molecule has 0 aliphatic carbocycles. The van der Waals surface area contributed by atoms with Gasteiger partial charge in [-0.3, -0.25) is 4.90 Å². The Bertz CT molecular complexity index is 281. The smallest absolute Gasteiger partial charge is 0.121 e. The fourth-order valence-electron chi connectivity index (χ4n) is 1.42. The number of hydrogen-bond acceptors (Lipinski definition) is 3. The summed E-state index contributed by atoms with van der Waals surface area (Å²) in [7, 11) is 0. The molecule has 78 valence electrons. The Labute approximate surface area is 85.2 Å². The van der Waals surface area contributed by atoms with E-state index in [1.165, 1.54) is 5.56 Å². The van der Waals surface area contributed by atoms with Crippen LogP contribution in [0.5, 0.6) is 0 Å². The molecule has 0 amide bonds. The molecule has 0 aromatic carbocycles. The molecule has 1 rings (SSSR count). The molecule has 0 atom stereocenters. The van der Waals surface area contributed by atoms with Crippen LogP contribution < -0.4 is 5.73 Å². The fourth-order valence-corrected chi connectivity index (χ4v) is 1.42. The highest BCUT2D eigenvalue weighted by atomic mass is 16.3. The van der Waals surface area contributed by atoms with Gasteiger partial charge in [0.25, 0.3) is 0 Å². The average Bonchev–Trinajstić information content (AvgIpc) is 2.64. The third-order valence-electron chi connectivity index (χ3n) is 2.25. The second kappa shape index (κ2) is 5.62. The zero-order chi connectivity index (χ0) is 10.4. The third kappa shape index (κ3) is 2.72. The van der Waals surface area contributed by atoms with Gasteiger partial charge in [0.1, 0.15) is 5.76 Å². The van der Waals surface area contributed by atoms with Gasteiger partial charge in [-0.25, -0.2) is 0 Å². The maximum atomic E-state index is 5.55. The molecule has 1 aromatic rings. The van der Waals surface area contributed by atoms with Crippen molar-refractivity contribution in [2.24, 2.45) is 5.73 Å². The Morgan fingerprint density at radius 2 is 2.43 bits per heavy atom. The molecule has 3 nitrogen and oxygen atoms in total. The molecule has 1 aromatic heterocycles. The van der Waals surface area contributed by atoms with E-state index < -0.39 is 0 Å². The molecular weight excluding hydrogens is 176 g/mol. The zero-order valence-corrected chi connectivity index (χ0v) is 8.70. The number of rotatable bonds is 6. The first-order valence-corrected chi connectivity index (χ1v) is 4.90. The molecule has 0 bridgehead atoms. The topological polar surface area (TPSA) is 42.4 Å². The first-order valence-electron chi connectivity index (χ1n) is 4.90. The van der Waals surface area contributed by atoms with Crippen LogP contribution in [0.2, 0.25) is 0 Å². The molecule has 0 saturated heterocycles. The standard InChI is InChI=1S/C11H18N2O/c1-3-6-13(4-2)9-10-5-7-14-11(10)8-12/h3,5,7H,1,4,6,8-9,12H2,2H3. The minimum Gasteiger partial charge on any atom is -0.468 e. The van der Waals surface area contributed by atoms with Crippen molar-refractivity contribution >= 4 is 0 Å². The Balaban J connectivity index is 2.61. The molecule has 2 N–H and O–H groups in total. The summed E-state index contributed by atoms with van der Waals surface area (Å²) >= 11 is 0. The van der Waals surface area contributed by atoms with Crippen molar-refractivity contribution in [1.29, 1.82) is 0 Å². The first kappa shape index (κ1) is 11.0. The second-order valence-electron chi connectivity index (χ2n) is 3.19. The van der Waals surface area contributed by atoms with Crippen LogP contribution in [0, 0.1) is 0 Å². The Morgan fingerprint density at radius 3 is 3.00 bits per heavy atom. The maximum Gasteiger partial charge on any atom is 0.121 e. The summed E-state index contributed by atoms with van der Waals surface area (Å²) in [6.45, 7) is 9.10. The number of nitrogens with two attached hydrogens (primary N) is 1. The van der Waals surface area contributed by atoms with E-state index in [1.807, 2.05) is 12.1 Å². The normalized spacial score (nSPS) is 10.8. The van der Waals surface area contributed by atoms with Crippen LogP contribution in [0.4, 0.5) is 0 Å². The van der Waals surface area contributed by atoms with Gasteiger partial charge in [-0.2, -0.15) is 0 Å².